The number of methoxy groups -OCH3 is 1. The second-order valence-corrected chi connectivity index (χ2v) is 16.3. The zero-order valence-electron chi connectivity index (χ0n) is 33.1. The predicted molar refractivity (Wildman–Crippen MR) is 203 cm³/mol. The van der Waals surface area contributed by atoms with Crippen LogP contribution >= 0.6 is 23.5 Å². The summed E-state index contributed by atoms with van der Waals surface area (Å²) >= 11 is 1.55. The van der Waals surface area contributed by atoms with Crippen molar-refractivity contribution in [3.63, 3.8) is 0 Å². The van der Waals surface area contributed by atoms with Crippen molar-refractivity contribution >= 4 is 46.1 Å². The molecule has 0 aromatic rings. The Balaban J connectivity index is 1.17. The summed E-state index contributed by atoms with van der Waals surface area (Å²) in [6.07, 6.45) is -15.9. The van der Waals surface area contributed by atoms with Gasteiger partial charge < -0.3 is 93.3 Å². The average molecular weight is 925 g/mol. The highest BCUT2D eigenvalue weighted by Gasteiger charge is 2.55. The van der Waals surface area contributed by atoms with Gasteiger partial charge in [0.2, 0.25) is 12.6 Å². The molecule has 6 aliphatic rings. The van der Waals surface area contributed by atoms with E-state index in [1.165, 1.54) is 24.7 Å². The van der Waals surface area contributed by atoms with E-state index in [1.807, 2.05) is 0 Å². The van der Waals surface area contributed by atoms with Gasteiger partial charge in [-0.3, -0.25) is 0 Å². The van der Waals surface area contributed by atoms with Gasteiger partial charge in [-0.2, -0.15) is 0 Å². The fourth-order valence-corrected chi connectivity index (χ4v) is 8.42. The number of fused-ring (bicyclic) bond motifs is 2. The maximum atomic E-state index is 13.7. The molecule has 6 rings (SSSR count). The van der Waals surface area contributed by atoms with Crippen LogP contribution in [0.1, 0.15) is 0 Å². The third-order valence-electron chi connectivity index (χ3n) is 11.2. The van der Waals surface area contributed by atoms with Gasteiger partial charge in [0.15, 0.2) is 12.6 Å². The summed E-state index contributed by atoms with van der Waals surface area (Å²) in [5, 5.41) is 94.3. The number of esters is 2. The average Bonchev–Trinajstić information content (AvgIpc) is 3.79. The van der Waals surface area contributed by atoms with Gasteiger partial charge in [-0.05, 0) is 47.2 Å². The molecule has 346 valence electrons. The zero-order valence-corrected chi connectivity index (χ0v) is 34.7. The maximum Gasteiger partial charge on any atom is 0.367 e. The molecule has 25 heteroatoms. The summed E-state index contributed by atoms with van der Waals surface area (Å²) in [5.74, 6) is -6.41. The SMILES string of the molecule is COC(=O)C1=COC(OC2OC(COC(=O)C3=COC(OC4OC(CO)C(O)C(O)C4O)C4C(COC(=O)SC)=CC(O)C34)C(O)C(O)C2O)C2C(COC(=O)SC)=CC(O)C12. The maximum absolute atomic E-state index is 13.7. The van der Waals surface area contributed by atoms with Crippen molar-refractivity contribution in [3.05, 3.63) is 47.0 Å². The van der Waals surface area contributed by atoms with Crippen LogP contribution in [-0.2, 0) is 57.0 Å². The Morgan fingerprint density at radius 3 is 1.45 bits per heavy atom. The molecule has 0 aromatic heterocycles. The van der Waals surface area contributed by atoms with E-state index in [0.717, 1.165) is 43.2 Å². The van der Waals surface area contributed by atoms with E-state index in [9.17, 15) is 65.1 Å². The first-order valence-electron chi connectivity index (χ1n) is 19.0. The lowest BCUT2D eigenvalue weighted by atomic mass is 9.82. The van der Waals surface area contributed by atoms with Crippen LogP contribution in [0.15, 0.2) is 47.0 Å². The van der Waals surface area contributed by atoms with Crippen LogP contribution in [0.3, 0.4) is 0 Å². The molecule has 0 saturated carbocycles. The normalized spacial score (nSPS) is 39.9. The van der Waals surface area contributed by atoms with E-state index in [-0.39, 0.29) is 28.9 Å². The lowest BCUT2D eigenvalue weighted by molar-refractivity contribution is -0.341. The Morgan fingerprint density at radius 1 is 0.581 bits per heavy atom. The van der Waals surface area contributed by atoms with E-state index < -0.39 is 152 Å². The molecule has 0 bridgehead atoms. The van der Waals surface area contributed by atoms with E-state index in [2.05, 4.69) is 0 Å². The van der Waals surface area contributed by atoms with Gasteiger partial charge >= 0.3 is 22.5 Å². The summed E-state index contributed by atoms with van der Waals surface area (Å²) in [4.78, 5) is 50.3. The topological polar surface area (TPSA) is 343 Å². The number of ether oxygens (including phenoxy) is 10. The van der Waals surface area contributed by atoms with Crippen LogP contribution < -0.4 is 0 Å². The summed E-state index contributed by atoms with van der Waals surface area (Å²) < 4.78 is 55.2. The van der Waals surface area contributed by atoms with Crippen molar-refractivity contribution in [1.29, 1.82) is 0 Å². The van der Waals surface area contributed by atoms with Gasteiger partial charge in [0.25, 0.3) is 0 Å². The lowest BCUT2D eigenvalue weighted by Crippen LogP contribution is -2.60. The molecule has 0 radical (unpaired) electrons. The number of carbonyl (C=O) groups excluding carboxylic acids is 4. The second-order valence-electron chi connectivity index (χ2n) is 14.8. The molecule has 4 heterocycles. The first kappa shape index (κ1) is 48.1. The predicted octanol–water partition coefficient (Wildman–Crippen LogP) is -3.11. The van der Waals surface area contributed by atoms with Gasteiger partial charge in [-0.1, -0.05) is 12.2 Å². The van der Waals surface area contributed by atoms with E-state index >= 15 is 0 Å². The monoisotopic (exact) mass is 924 g/mol. The van der Waals surface area contributed by atoms with Gasteiger partial charge in [0, 0.05) is 11.8 Å². The highest BCUT2D eigenvalue weighted by Crippen LogP contribution is 2.47. The van der Waals surface area contributed by atoms with Crippen LogP contribution in [0.2, 0.25) is 0 Å². The largest absolute Gasteiger partial charge is 0.471 e. The van der Waals surface area contributed by atoms with Gasteiger partial charge in [0.05, 0.1) is 61.4 Å². The van der Waals surface area contributed by atoms with E-state index in [4.69, 9.17) is 47.4 Å². The Labute approximate surface area is 360 Å². The summed E-state index contributed by atoms with van der Waals surface area (Å²) in [5.41, 5.74) is 0.103. The molecule has 9 N–H and O–H groups in total. The molecule has 18 unspecified atom stereocenters. The molecule has 4 aliphatic heterocycles. The number of hydrogen-bond acceptors (Lipinski definition) is 25. The van der Waals surface area contributed by atoms with Crippen molar-refractivity contribution in [1.82, 2.24) is 0 Å². The van der Waals surface area contributed by atoms with E-state index in [1.54, 1.807) is 0 Å². The van der Waals surface area contributed by atoms with Crippen LogP contribution in [0.25, 0.3) is 0 Å². The summed E-state index contributed by atoms with van der Waals surface area (Å²) in [6, 6.07) is 0. The fraction of sp³-hybridized carbons (Fsp3) is 0.676. The molecule has 2 aliphatic carbocycles. The van der Waals surface area contributed by atoms with Crippen LogP contribution in [-0.4, -0.2) is 201 Å². The molecule has 23 nitrogen and oxygen atoms in total. The molecule has 2 fully saturated rings. The molecular weight excluding hydrogens is 877 g/mol. The minimum absolute atomic E-state index is 0.0802. The smallest absolute Gasteiger partial charge is 0.367 e. The first-order chi connectivity index (χ1) is 29.5. The van der Waals surface area contributed by atoms with Crippen molar-refractivity contribution in [3.8, 4) is 0 Å². The van der Waals surface area contributed by atoms with Crippen LogP contribution in [0.5, 0.6) is 0 Å². The van der Waals surface area contributed by atoms with Crippen LogP contribution in [0.4, 0.5) is 9.59 Å². The minimum atomic E-state index is -1.96. The summed E-state index contributed by atoms with van der Waals surface area (Å²) in [6.45, 7) is -2.32. The number of carbonyl (C=O) groups is 4. The lowest BCUT2D eigenvalue weighted by Gasteiger charge is -2.43. The quantitative estimate of drug-likeness (QED) is 0.0501. The van der Waals surface area contributed by atoms with Crippen molar-refractivity contribution < 1.29 is 113 Å². The molecular formula is C37H48O23S2. The highest BCUT2D eigenvalue weighted by atomic mass is 32.2. The van der Waals surface area contributed by atoms with Crippen molar-refractivity contribution in [2.45, 2.75) is 86.2 Å². The number of rotatable bonds is 13. The standard InChI is InChI=1S/C37H48O23S2/c1-51-30(47)14-9-53-32(20-12(4-16(39)22(14)20)7-55-36(49)61-2)60-35-29(46)27(44)25(42)19(58-35)11-52-31(48)15-10-54-33(59-34-28(45)26(43)24(41)18(6-38)57-34)21-13(5-17(40)23(15)21)8-56-37(50)62-3/h4-5,9-10,16-29,32-35,38-46H,6-8,11H2,1-3H3. The second kappa shape index (κ2) is 20.6. The number of hydrogen-bond donors (Lipinski definition) is 9. The first-order valence-corrected chi connectivity index (χ1v) is 21.5. The Hall–Kier alpha value is -3.38. The van der Waals surface area contributed by atoms with Gasteiger partial charge in [-0.15, -0.1) is 0 Å². The highest BCUT2D eigenvalue weighted by molar-refractivity contribution is 8.12. The number of aliphatic hydroxyl groups is 9. The minimum Gasteiger partial charge on any atom is -0.471 e. The van der Waals surface area contributed by atoms with E-state index in [0.29, 0.717) is 0 Å². The Morgan fingerprint density at radius 2 is 1.02 bits per heavy atom. The van der Waals surface area contributed by atoms with Gasteiger partial charge in [0.1, 0.15) is 68.7 Å². The van der Waals surface area contributed by atoms with Gasteiger partial charge in [-0.25, -0.2) is 19.2 Å². The fourth-order valence-electron chi connectivity index (χ4n) is 8.07. The molecule has 0 amide bonds. The third-order valence-corrected chi connectivity index (χ3v) is 12.1. The number of aliphatic hydroxyl groups excluding tert-OH is 9. The zero-order chi connectivity index (χ0) is 45.2. The van der Waals surface area contributed by atoms with Crippen molar-refractivity contribution in [2.75, 3.05) is 46.0 Å². The molecule has 0 spiro atoms. The Bertz CT molecular complexity index is 1790. The Kier molecular flexibility index (Phi) is 16.0. The number of thioether (sulfide) groups is 2. The third kappa shape index (κ3) is 9.81. The van der Waals surface area contributed by atoms with Crippen molar-refractivity contribution in [2.24, 2.45) is 23.7 Å². The molecule has 18 atom stereocenters. The molecule has 2 saturated heterocycles. The summed E-state index contributed by atoms with van der Waals surface area (Å²) in [7, 11) is 1.12. The molecule has 0 aromatic carbocycles. The molecule has 62 heavy (non-hydrogen) atoms. The van der Waals surface area contributed by atoms with Crippen LogP contribution in [0, 0.1) is 23.7 Å².